The van der Waals surface area contributed by atoms with Crippen LogP contribution in [-0.4, -0.2) is 4.57 Å². The SMILES string of the molecule is [2H]c1c([2H])c([2H])c(-c2c([2H])c([2H])c(N(c3c([2H])c([2H])c(-c4c([2H])c([2H])c([2H])c([2H])c4[2H])c([2H])c3[2H])c3c([2H])c([2H])c(-c4c([2H])c([2H])c([2H])c(-n5c6c([2H])c([2H])c([2H])c([2H])c6c6c([2H])c([2H])c([2H])c([2H])c65)c4[2H])c4sc5c([2H])c([2H])c([2H])c([2H])c5c34)c([2H])c2[2H])c([2H])c1[2H]. The van der Waals surface area contributed by atoms with E-state index in [2.05, 4.69) is 0 Å². The van der Waals surface area contributed by atoms with Gasteiger partial charge in [-0.05, 0) is 93.8 Å². The first-order valence-electron chi connectivity index (χ1n) is 34.5. The summed E-state index contributed by atoms with van der Waals surface area (Å²) >= 11 is 0.342. The Morgan fingerprint density at radius 1 is 0.404 bits per heavy atom. The summed E-state index contributed by atoms with van der Waals surface area (Å²) in [6, 6.07) is -38.2. The van der Waals surface area contributed by atoms with Crippen molar-refractivity contribution in [3.8, 4) is 39.1 Å². The lowest BCUT2D eigenvalue weighted by Crippen LogP contribution is -2.10. The molecule has 0 spiro atoms. The Hall–Kier alpha value is -7.20. The first kappa shape index (κ1) is 12.9. The molecule has 9 aromatic carbocycles. The number of thiophene rings is 1. The molecule has 0 fully saturated rings. The van der Waals surface area contributed by atoms with E-state index in [1.807, 2.05) is 0 Å². The molecule has 0 amide bonds. The van der Waals surface area contributed by atoms with E-state index < -0.39 is 316 Å². The summed E-state index contributed by atoms with van der Waals surface area (Å²) in [5.41, 5.74) is -11.2. The maximum atomic E-state index is 10.2. The average Bonchev–Trinajstić information content (AvgIpc) is 1.66. The quantitative estimate of drug-likeness (QED) is 0.156. The van der Waals surface area contributed by atoms with Gasteiger partial charge in [-0.15, -0.1) is 11.3 Å². The number of hydrogen-bond donors (Lipinski definition) is 0. The predicted molar refractivity (Wildman–Crippen MR) is 245 cm³/mol. The Labute approximate surface area is 386 Å². The van der Waals surface area contributed by atoms with Crippen molar-refractivity contribution < 1.29 is 49.3 Å². The van der Waals surface area contributed by atoms with Crippen molar-refractivity contribution >= 4 is 70.4 Å². The normalized spacial score (nSPS) is 20.4. The van der Waals surface area contributed by atoms with Gasteiger partial charge in [-0.25, -0.2) is 0 Å². The highest BCUT2D eigenvalue weighted by Gasteiger charge is 2.22. The van der Waals surface area contributed by atoms with Gasteiger partial charge in [-0.2, -0.15) is 0 Å². The second-order valence-electron chi connectivity index (χ2n) is 11.8. The average molecular weight is 781 g/mol. The Morgan fingerprint density at radius 3 is 1.49 bits per heavy atom. The maximum absolute atomic E-state index is 10.2. The zero-order chi connectivity index (χ0) is 69.0. The molecule has 2 nitrogen and oxygen atoms in total. The van der Waals surface area contributed by atoms with E-state index in [0.29, 0.717) is 20.8 Å². The van der Waals surface area contributed by atoms with E-state index in [-0.39, 0.29) is 0 Å². The lowest BCUT2D eigenvalue weighted by Gasteiger charge is -2.27. The Morgan fingerprint density at radius 2 is 0.895 bits per heavy atom. The molecular weight excluding hydrogens is 709 g/mol. The maximum Gasteiger partial charge on any atom is 0.0651 e. The molecule has 11 rings (SSSR count). The predicted octanol–water partition coefficient (Wildman–Crippen LogP) is 15.6. The van der Waals surface area contributed by atoms with Crippen molar-refractivity contribution in [1.29, 1.82) is 0 Å². The van der Waals surface area contributed by atoms with Gasteiger partial charge in [0, 0.05) is 48.0 Å². The van der Waals surface area contributed by atoms with Crippen LogP contribution in [0.1, 0.15) is 49.3 Å². The summed E-state index contributed by atoms with van der Waals surface area (Å²) in [5.74, 6) is 0. The molecule has 0 N–H and O–H groups in total. The summed E-state index contributed by atoms with van der Waals surface area (Å²) in [5, 5.41) is -2.53. The molecule has 268 valence electrons. The van der Waals surface area contributed by atoms with Crippen LogP contribution >= 0.6 is 11.3 Å². The topological polar surface area (TPSA) is 8.17 Å². The van der Waals surface area contributed by atoms with Crippen molar-refractivity contribution in [3.05, 3.63) is 218 Å². The summed E-state index contributed by atoms with van der Waals surface area (Å²) in [6.45, 7) is 0. The highest BCUT2D eigenvalue weighted by molar-refractivity contribution is 7.26. The van der Waals surface area contributed by atoms with Crippen LogP contribution in [0.2, 0.25) is 0 Å². The molecule has 0 aliphatic heterocycles. The minimum absolute atomic E-state index is 0.342. The van der Waals surface area contributed by atoms with Gasteiger partial charge >= 0.3 is 0 Å². The second kappa shape index (κ2) is 13.8. The third-order valence-electron chi connectivity index (χ3n) is 8.62. The van der Waals surface area contributed by atoms with E-state index in [0.717, 1.165) is 0 Å². The molecule has 0 aliphatic carbocycles. The van der Waals surface area contributed by atoms with Crippen LogP contribution in [0, 0.1) is 0 Å². The molecule has 0 radical (unpaired) electrons. The van der Waals surface area contributed by atoms with Crippen molar-refractivity contribution in [1.82, 2.24) is 4.57 Å². The largest absolute Gasteiger partial charge is 0.310 e. The van der Waals surface area contributed by atoms with Crippen LogP contribution < -0.4 is 4.90 Å². The minimum Gasteiger partial charge on any atom is -0.310 e. The molecule has 2 heterocycles. The Bertz CT molecular complexity index is 5030. The van der Waals surface area contributed by atoms with Gasteiger partial charge in [0.25, 0.3) is 0 Å². The minimum atomic E-state index is -1.33. The lowest BCUT2D eigenvalue weighted by molar-refractivity contribution is 1.18. The van der Waals surface area contributed by atoms with Gasteiger partial charge in [0.1, 0.15) is 0 Å². The number of nitrogens with zero attached hydrogens (tertiary/aromatic N) is 2. The van der Waals surface area contributed by atoms with E-state index in [4.69, 9.17) is 27.4 Å². The highest BCUT2D eigenvalue weighted by Crippen LogP contribution is 2.49. The van der Waals surface area contributed by atoms with Gasteiger partial charge in [0.15, 0.2) is 0 Å². The molecule has 11 aromatic rings. The molecule has 0 saturated heterocycles. The summed E-state index contributed by atoms with van der Waals surface area (Å²) in [6.07, 6.45) is 0. The van der Waals surface area contributed by atoms with Gasteiger partial charge in [0.05, 0.1) is 66.1 Å². The molecule has 2 aromatic heterocycles. The van der Waals surface area contributed by atoms with E-state index in [1.165, 1.54) is 0 Å². The number of rotatable bonds is 7. The smallest absolute Gasteiger partial charge is 0.0651 e. The first-order chi connectivity index (χ1) is 43.3. The second-order valence-corrected chi connectivity index (χ2v) is 12.8. The number of anilines is 3. The molecule has 3 heteroatoms. The van der Waals surface area contributed by atoms with Crippen LogP contribution in [0.15, 0.2) is 218 Å². The van der Waals surface area contributed by atoms with Gasteiger partial charge < -0.3 is 9.47 Å². The number of fused-ring (bicyclic) bond motifs is 6. The lowest BCUT2D eigenvalue weighted by atomic mass is 9.99. The van der Waals surface area contributed by atoms with Crippen LogP contribution in [0.3, 0.4) is 0 Å². The zero-order valence-corrected chi connectivity index (χ0v) is 29.1. The van der Waals surface area contributed by atoms with Crippen molar-refractivity contribution in [2.75, 3.05) is 4.90 Å². The fraction of sp³-hybridized carbons (Fsp3) is 0. The van der Waals surface area contributed by atoms with E-state index in [9.17, 15) is 21.9 Å². The van der Waals surface area contributed by atoms with Gasteiger partial charge in [-0.3, -0.25) is 0 Å². The van der Waals surface area contributed by atoms with Crippen molar-refractivity contribution in [2.45, 2.75) is 0 Å². The van der Waals surface area contributed by atoms with E-state index in [1.54, 1.807) is 0 Å². The van der Waals surface area contributed by atoms with Crippen molar-refractivity contribution in [3.63, 3.8) is 0 Å². The molecule has 0 bridgehead atoms. The van der Waals surface area contributed by atoms with Gasteiger partial charge in [-0.1, -0.05) is 157 Å². The zero-order valence-electron chi connectivity index (χ0n) is 64.3. The molecular formula is C54H36N2S. The van der Waals surface area contributed by atoms with E-state index >= 15 is 0 Å². The third kappa shape index (κ3) is 5.71. The fourth-order valence-corrected chi connectivity index (χ4v) is 7.31. The van der Waals surface area contributed by atoms with Crippen LogP contribution in [0.25, 0.3) is 81.0 Å². The Kier molecular flexibility index (Phi) is 3.13. The number of para-hydroxylation sites is 2. The summed E-state index contributed by atoms with van der Waals surface area (Å²) in [4.78, 5) is 0.370. The van der Waals surface area contributed by atoms with Gasteiger partial charge in [0.2, 0.25) is 0 Å². The summed E-state index contributed by atoms with van der Waals surface area (Å²) < 4.78 is 327. The monoisotopic (exact) mass is 780 g/mol. The van der Waals surface area contributed by atoms with Crippen LogP contribution in [0.4, 0.5) is 17.1 Å². The third-order valence-corrected chi connectivity index (χ3v) is 9.74. The molecule has 0 saturated carbocycles. The fourth-order valence-electron chi connectivity index (χ4n) is 6.19. The first-order valence-corrected chi connectivity index (χ1v) is 17.3. The Balaban J connectivity index is 1.39. The standard InChI is InChI=1S/C54H36N2S/c1-3-14-37(15-4-1)39-26-30-42(31-27-39)55(43-32-28-40(29-33-43)38-16-5-2-6-17-38)51-35-34-45(54-53(51)48-22-9-12-25-52(48)57-54)41-18-13-19-44(36-41)56-49-23-10-7-20-46(49)47-21-8-11-24-50(47)56/h1-36H/i1D,2D,3D,4D,5D,6D,7D,8D,9D,10D,11D,12D,13D,14D,15D,16D,17D,18D,19D,20D,21D,22D,23D,24D,25D,26D,27D,28D,29D,30D,31D,32D,33D,34D,35D,36D. The molecule has 0 atom stereocenters. The number of benzene rings is 9. The highest BCUT2D eigenvalue weighted by atomic mass is 32.1. The molecule has 57 heavy (non-hydrogen) atoms. The summed E-state index contributed by atoms with van der Waals surface area (Å²) in [7, 11) is 0. The van der Waals surface area contributed by atoms with Crippen LogP contribution in [0.5, 0.6) is 0 Å². The number of hydrogen-bond acceptors (Lipinski definition) is 2. The molecule has 0 unspecified atom stereocenters. The van der Waals surface area contributed by atoms with Crippen LogP contribution in [-0.2, 0) is 0 Å². The molecule has 0 aliphatic rings. The number of aromatic nitrogens is 1. The van der Waals surface area contributed by atoms with Crippen molar-refractivity contribution in [2.24, 2.45) is 0 Å².